The smallest absolute Gasteiger partial charge is 0.335 e. The summed E-state index contributed by atoms with van der Waals surface area (Å²) in [5.74, 6) is -1.00. The predicted octanol–water partition coefficient (Wildman–Crippen LogP) is 1.61. The van der Waals surface area contributed by atoms with Gasteiger partial charge in [0.1, 0.15) is 24.2 Å². The van der Waals surface area contributed by atoms with Crippen LogP contribution in [0, 0.1) is 0 Å². The first-order valence-corrected chi connectivity index (χ1v) is 6.60. The van der Waals surface area contributed by atoms with Crippen molar-refractivity contribution in [2.75, 3.05) is 5.32 Å². The van der Waals surface area contributed by atoms with E-state index in [-0.39, 0.29) is 11.3 Å². The number of hydrogen-bond acceptors (Lipinski definition) is 5. The molecule has 0 aliphatic carbocycles. The van der Waals surface area contributed by atoms with Crippen molar-refractivity contribution in [3.8, 4) is 5.82 Å². The molecule has 0 unspecified atom stereocenters. The van der Waals surface area contributed by atoms with Crippen LogP contribution < -0.4 is 5.32 Å². The Morgan fingerprint density at radius 3 is 2.52 bits per heavy atom. The van der Waals surface area contributed by atoms with Crippen LogP contribution in [0.5, 0.6) is 0 Å². The number of rotatable bonds is 4. The van der Waals surface area contributed by atoms with Crippen LogP contribution in [0.2, 0.25) is 0 Å². The predicted molar refractivity (Wildman–Crippen MR) is 80.5 cm³/mol. The van der Waals surface area contributed by atoms with Gasteiger partial charge in [0.25, 0.3) is 5.91 Å². The SMILES string of the molecule is O=C(O)c1cccc(NC(=O)c2cccc(-n3cnnc3)n2)c1. The molecule has 3 rings (SSSR count). The molecule has 0 spiro atoms. The van der Waals surface area contributed by atoms with E-state index in [1.165, 1.54) is 24.8 Å². The minimum absolute atomic E-state index is 0.0917. The third-order valence-electron chi connectivity index (χ3n) is 3.02. The van der Waals surface area contributed by atoms with Crippen LogP contribution in [0.4, 0.5) is 5.69 Å². The van der Waals surface area contributed by atoms with Crippen molar-refractivity contribution in [3.63, 3.8) is 0 Å². The van der Waals surface area contributed by atoms with Gasteiger partial charge in [0.15, 0.2) is 0 Å². The van der Waals surface area contributed by atoms with Crippen molar-refractivity contribution in [2.45, 2.75) is 0 Å². The lowest BCUT2D eigenvalue weighted by Crippen LogP contribution is -2.15. The van der Waals surface area contributed by atoms with E-state index in [4.69, 9.17) is 5.11 Å². The number of carbonyl (C=O) groups excluding carboxylic acids is 1. The average Bonchev–Trinajstić information content (AvgIpc) is 3.10. The molecule has 0 bridgehead atoms. The lowest BCUT2D eigenvalue weighted by Gasteiger charge is -2.07. The number of nitrogens with one attached hydrogen (secondary N) is 1. The number of amides is 1. The molecule has 0 aliphatic heterocycles. The summed E-state index contributed by atoms with van der Waals surface area (Å²) >= 11 is 0. The van der Waals surface area contributed by atoms with E-state index >= 15 is 0 Å². The Morgan fingerprint density at radius 1 is 1.04 bits per heavy atom. The summed E-state index contributed by atoms with van der Waals surface area (Å²) < 4.78 is 1.57. The summed E-state index contributed by atoms with van der Waals surface area (Å²) in [4.78, 5) is 27.4. The number of aromatic carboxylic acids is 1. The molecule has 2 N–H and O–H groups in total. The van der Waals surface area contributed by atoms with Crippen LogP contribution >= 0.6 is 0 Å². The van der Waals surface area contributed by atoms with Crippen molar-refractivity contribution in [1.82, 2.24) is 19.7 Å². The molecule has 2 aromatic heterocycles. The molecule has 2 heterocycles. The minimum atomic E-state index is -1.06. The van der Waals surface area contributed by atoms with Crippen LogP contribution in [-0.4, -0.2) is 36.7 Å². The van der Waals surface area contributed by atoms with Crippen LogP contribution in [0.15, 0.2) is 55.1 Å². The van der Waals surface area contributed by atoms with E-state index in [0.717, 1.165) is 0 Å². The van der Waals surface area contributed by atoms with Crippen LogP contribution in [-0.2, 0) is 0 Å². The maximum absolute atomic E-state index is 12.3. The summed E-state index contributed by atoms with van der Waals surface area (Å²) in [6.45, 7) is 0. The molecule has 0 aliphatic rings. The van der Waals surface area contributed by atoms with E-state index in [0.29, 0.717) is 11.5 Å². The highest BCUT2D eigenvalue weighted by atomic mass is 16.4. The van der Waals surface area contributed by atoms with Crippen LogP contribution in [0.3, 0.4) is 0 Å². The summed E-state index contributed by atoms with van der Waals surface area (Å²) in [6, 6.07) is 10.9. The van der Waals surface area contributed by atoms with Gasteiger partial charge in [-0.2, -0.15) is 0 Å². The Hall–Kier alpha value is -3.55. The molecule has 3 aromatic rings. The Bertz CT molecular complexity index is 861. The third-order valence-corrected chi connectivity index (χ3v) is 3.02. The van der Waals surface area contributed by atoms with Crippen molar-refractivity contribution in [3.05, 3.63) is 66.4 Å². The van der Waals surface area contributed by atoms with E-state index in [1.54, 1.807) is 34.9 Å². The van der Waals surface area contributed by atoms with Crippen molar-refractivity contribution < 1.29 is 14.7 Å². The largest absolute Gasteiger partial charge is 0.478 e. The lowest BCUT2D eigenvalue weighted by molar-refractivity contribution is 0.0696. The summed E-state index contributed by atoms with van der Waals surface area (Å²) in [7, 11) is 0. The van der Waals surface area contributed by atoms with E-state index in [9.17, 15) is 9.59 Å². The van der Waals surface area contributed by atoms with Crippen molar-refractivity contribution >= 4 is 17.6 Å². The summed E-state index contributed by atoms with van der Waals surface area (Å²) in [5, 5.41) is 19.0. The fourth-order valence-electron chi connectivity index (χ4n) is 1.94. The third kappa shape index (κ3) is 3.21. The number of carbonyl (C=O) groups is 2. The molecule has 23 heavy (non-hydrogen) atoms. The summed E-state index contributed by atoms with van der Waals surface area (Å²) in [6.07, 6.45) is 2.95. The lowest BCUT2D eigenvalue weighted by atomic mass is 10.2. The molecular weight excluding hydrogens is 298 g/mol. The molecule has 0 saturated carbocycles. The van der Waals surface area contributed by atoms with Gasteiger partial charge in [-0.25, -0.2) is 9.78 Å². The fraction of sp³-hybridized carbons (Fsp3) is 0. The zero-order valence-electron chi connectivity index (χ0n) is 11.7. The topological polar surface area (TPSA) is 110 Å². The number of carboxylic acid groups (broad SMARTS) is 1. The molecule has 0 atom stereocenters. The van der Waals surface area contributed by atoms with E-state index in [2.05, 4.69) is 20.5 Å². The molecule has 8 nitrogen and oxygen atoms in total. The standard InChI is InChI=1S/C15H11N5O3/c21-14(18-11-4-1-3-10(7-11)15(22)23)12-5-2-6-13(19-12)20-8-16-17-9-20/h1-9H,(H,18,21)(H,22,23). The van der Waals surface area contributed by atoms with Gasteiger partial charge < -0.3 is 10.4 Å². The summed E-state index contributed by atoms with van der Waals surface area (Å²) in [5.41, 5.74) is 0.664. The number of anilines is 1. The highest BCUT2D eigenvalue weighted by Gasteiger charge is 2.11. The first-order chi connectivity index (χ1) is 11.1. The van der Waals surface area contributed by atoms with Crippen LogP contribution in [0.1, 0.15) is 20.8 Å². The highest BCUT2D eigenvalue weighted by Crippen LogP contribution is 2.12. The number of aromatic nitrogens is 4. The van der Waals surface area contributed by atoms with Gasteiger partial charge in [-0.3, -0.25) is 9.36 Å². The van der Waals surface area contributed by atoms with E-state index in [1.807, 2.05) is 0 Å². The Kier molecular flexibility index (Phi) is 3.79. The van der Waals surface area contributed by atoms with E-state index < -0.39 is 11.9 Å². The Morgan fingerprint density at radius 2 is 1.78 bits per heavy atom. The zero-order valence-corrected chi connectivity index (χ0v) is 11.7. The van der Waals surface area contributed by atoms with Gasteiger partial charge in [-0.05, 0) is 30.3 Å². The van der Waals surface area contributed by atoms with Crippen LogP contribution in [0.25, 0.3) is 5.82 Å². The van der Waals surface area contributed by atoms with Crippen molar-refractivity contribution in [2.24, 2.45) is 0 Å². The monoisotopic (exact) mass is 309 g/mol. The molecule has 0 fully saturated rings. The molecule has 1 aromatic carbocycles. The number of hydrogen-bond donors (Lipinski definition) is 2. The molecule has 0 radical (unpaired) electrons. The van der Waals surface area contributed by atoms with Gasteiger partial charge in [-0.15, -0.1) is 10.2 Å². The van der Waals surface area contributed by atoms with Gasteiger partial charge in [0.2, 0.25) is 0 Å². The quantitative estimate of drug-likeness (QED) is 0.757. The number of carboxylic acids is 1. The zero-order chi connectivity index (χ0) is 16.2. The first-order valence-electron chi connectivity index (χ1n) is 6.60. The Labute approximate surface area is 130 Å². The first kappa shape index (κ1) is 14.4. The number of benzene rings is 1. The van der Waals surface area contributed by atoms with Gasteiger partial charge >= 0.3 is 5.97 Å². The van der Waals surface area contributed by atoms with Gasteiger partial charge in [0.05, 0.1) is 5.56 Å². The number of pyridine rings is 1. The maximum atomic E-state index is 12.3. The normalized spacial score (nSPS) is 10.3. The maximum Gasteiger partial charge on any atom is 0.335 e. The van der Waals surface area contributed by atoms with Gasteiger partial charge in [-0.1, -0.05) is 12.1 Å². The molecule has 8 heteroatoms. The number of nitrogens with zero attached hydrogens (tertiary/aromatic N) is 4. The average molecular weight is 309 g/mol. The minimum Gasteiger partial charge on any atom is -0.478 e. The second-order valence-corrected chi connectivity index (χ2v) is 4.59. The molecular formula is C15H11N5O3. The second kappa shape index (κ2) is 6.06. The second-order valence-electron chi connectivity index (χ2n) is 4.59. The molecule has 0 saturated heterocycles. The van der Waals surface area contributed by atoms with Crippen molar-refractivity contribution in [1.29, 1.82) is 0 Å². The van der Waals surface area contributed by atoms with Gasteiger partial charge in [0, 0.05) is 5.69 Å². The molecule has 114 valence electrons. The fourth-order valence-corrected chi connectivity index (χ4v) is 1.94. The Balaban J connectivity index is 1.82. The highest BCUT2D eigenvalue weighted by molar-refractivity contribution is 6.03. The molecule has 1 amide bonds.